The van der Waals surface area contributed by atoms with Gasteiger partial charge in [-0.15, -0.1) is 0 Å². The summed E-state index contributed by atoms with van der Waals surface area (Å²) in [7, 11) is -4.10. The molecule has 0 saturated heterocycles. The van der Waals surface area contributed by atoms with Crippen molar-refractivity contribution in [2.45, 2.75) is 13.8 Å². The van der Waals surface area contributed by atoms with Crippen molar-refractivity contribution in [3.8, 4) is 11.5 Å². The molecule has 0 radical (unpaired) electrons. The largest absolute Gasteiger partial charge is 0.480 e. The number of nitrogens with two attached hydrogens (primary N) is 1. The zero-order valence-corrected chi connectivity index (χ0v) is 24.2. The van der Waals surface area contributed by atoms with Crippen LogP contribution in [0, 0.1) is 10.1 Å². The second kappa shape index (κ2) is 17.8. The van der Waals surface area contributed by atoms with E-state index in [1.807, 2.05) is 19.9 Å². The number of nitrogens with zero attached hydrogens (tertiary/aromatic N) is 4. The molecule has 0 aliphatic rings. The number of para-hydroxylation sites is 1. The third-order valence-electron chi connectivity index (χ3n) is 4.16. The number of nitro benzene ring substituents is 1. The highest BCUT2D eigenvalue weighted by atomic mass is 35.5. The number of aliphatic carboxylic acids is 1. The normalized spacial score (nSPS) is 10.3. The number of aromatic nitrogens is 3. The minimum absolute atomic E-state index is 0.0352. The van der Waals surface area contributed by atoms with Gasteiger partial charge < -0.3 is 36.0 Å². The number of nitro groups is 1. The van der Waals surface area contributed by atoms with Gasteiger partial charge in [0, 0.05) is 19.2 Å². The molecule has 0 aliphatic carbocycles. The number of hydrogen-bond donors (Lipinski definition) is 7. The fourth-order valence-corrected chi connectivity index (χ4v) is 3.31. The van der Waals surface area contributed by atoms with Crippen LogP contribution in [-0.4, -0.2) is 66.7 Å². The Hall–Kier alpha value is -3.79. The lowest BCUT2D eigenvalue weighted by atomic mass is 10.2. The van der Waals surface area contributed by atoms with Crippen LogP contribution in [0.1, 0.15) is 13.8 Å². The van der Waals surface area contributed by atoms with Gasteiger partial charge in [-0.25, -0.2) is 0 Å². The summed E-state index contributed by atoms with van der Waals surface area (Å²) in [5.74, 6) is 0.712. The van der Waals surface area contributed by atoms with Crippen molar-refractivity contribution >= 4 is 60.0 Å². The van der Waals surface area contributed by atoms with E-state index in [0.29, 0.717) is 17.6 Å². The molecule has 0 unspecified atom stereocenters. The average molecular weight is 635 g/mol. The van der Waals surface area contributed by atoms with Gasteiger partial charge in [0.1, 0.15) is 22.2 Å². The van der Waals surface area contributed by atoms with E-state index >= 15 is 0 Å². The number of rotatable bonds is 11. The lowest BCUT2D eigenvalue weighted by molar-refractivity contribution is -0.383. The van der Waals surface area contributed by atoms with E-state index in [4.69, 9.17) is 48.6 Å². The molecule has 8 N–H and O–H groups in total. The standard InChI is InChI=1S/C12H9ClN2O3.C7H12ClN5.C3H8NO5P/c13-11-10(18-8-4-2-1-3-5-8)7-6-9(12(11)14)15(16)17;1-3-9-6-11-5(8)12-7(13-6)10-4-2;5-3(6)1-4-2-10(7,8)9/h1-7H,14H2;3-4H2,1-2H3,(H2,9,10,11,12,13);4H,1-2H2,(H,5,6)(H2,7,8,9). The second-order valence-electron chi connectivity index (χ2n) is 7.44. The van der Waals surface area contributed by atoms with E-state index in [1.54, 1.807) is 24.3 Å². The smallest absolute Gasteiger partial charge is 0.339 e. The highest BCUT2D eigenvalue weighted by Gasteiger charge is 2.18. The van der Waals surface area contributed by atoms with Crippen molar-refractivity contribution in [2.75, 3.05) is 42.3 Å². The molecular formula is C22H29Cl2N8O8P. The first kappa shape index (κ1) is 35.2. The zero-order chi connectivity index (χ0) is 31.0. The maximum absolute atomic E-state index is 10.7. The molecule has 0 spiro atoms. The van der Waals surface area contributed by atoms with Gasteiger partial charge in [-0.1, -0.05) is 29.8 Å². The third kappa shape index (κ3) is 14.4. The first-order valence-corrected chi connectivity index (χ1v) is 14.1. The van der Waals surface area contributed by atoms with Crippen LogP contribution in [0.15, 0.2) is 42.5 Å². The Morgan fingerprint density at radius 3 is 2.07 bits per heavy atom. The van der Waals surface area contributed by atoms with E-state index < -0.39 is 31.3 Å². The van der Waals surface area contributed by atoms with Crippen LogP contribution < -0.4 is 26.4 Å². The van der Waals surface area contributed by atoms with Gasteiger partial charge >= 0.3 is 13.6 Å². The van der Waals surface area contributed by atoms with Gasteiger partial charge in [0.25, 0.3) is 5.69 Å². The van der Waals surface area contributed by atoms with E-state index in [2.05, 4.69) is 30.9 Å². The van der Waals surface area contributed by atoms with Crippen molar-refractivity contribution in [1.29, 1.82) is 0 Å². The Morgan fingerprint density at radius 1 is 1.05 bits per heavy atom. The first-order chi connectivity index (χ1) is 19.3. The van der Waals surface area contributed by atoms with Crippen LogP contribution >= 0.6 is 30.8 Å². The Labute approximate surface area is 244 Å². The zero-order valence-electron chi connectivity index (χ0n) is 21.8. The second-order valence-corrected chi connectivity index (χ2v) is 9.80. The third-order valence-corrected chi connectivity index (χ3v) is 5.36. The van der Waals surface area contributed by atoms with E-state index in [0.717, 1.165) is 13.1 Å². The highest BCUT2D eigenvalue weighted by molar-refractivity contribution is 7.51. The molecule has 0 amide bonds. The minimum Gasteiger partial charge on any atom is -0.480 e. The van der Waals surface area contributed by atoms with E-state index in [9.17, 15) is 19.5 Å². The molecule has 19 heteroatoms. The Bertz CT molecular complexity index is 1310. The number of carboxylic acids is 1. The summed E-state index contributed by atoms with van der Waals surface area (Å²) in [5.41, 5.74) is 5.25. The summed E-state index contributed by atoms with van der Waals surface area (Å²) in [5, 5.41) is 26.9. The van der Waals surface area contributed by atoms with Crippen LogP contribution in [0.25, 0.3) is 0 Å². The number of carbonyl (C=O) groups is 1. The molecule has 41 heavy (non-hydrogen) atoms. The van der Waals surface area contributed by atoms with E-state index in [-0.39, 0.29) is 27.4 Å². The van der Waals surface area contributed by atoms with Crippen molar-refractivity contribution in [1.82, 2.24) is 20.3 Å². The van der Waals surface area contributed by atoms with E-state index in [1.165, 1.54) is 12.1 Å². The SMILES string of the molecule is CCNc1nc(Cl)nc(NCC)n1.Nc1c([N+](=O)[O-])ccc(Oc2ccccc2)c1Cl.O=C(O)CNCP(=O)(O)O. The predicted octanol–water partition coefficient (Wildman–Crippen LogP) is 3.81. The molecule has 1 heterocycles. The Balaban J connectivity index is 0.000000324. The fraction of sp³-hybridized carbons (Fsp3) is 0.273. The van der Waals surface area contributed by atoms with Gasteiger partial charge in [0.2, 0.25) is 17.2 Å². The van der Waals surface area contributed by atoms with Crippen LogP contribution in [0.5, 0.6) is 11.5 Å². The van der Waals surface area contributed by atoms with Crippen molar-refractivity contribution < 1.29 is 33.9 Å². The van der Waals surface area contributed by atoms with Crippen molar-refractivity contribution in [3.05, 3.63) is 62.9 Å². The predicted molar refractivity (Wildman–Crippen MR) is 155 cm³/mol. The highest BCUT2D eigenvalue weighted by Crippen LogP contribution is 2.38. The molecule has 0 saturated carbocycles. The quantitative estimate of drug-likeness (QED) is 0.0685. The first-order valence-electron chi connectivity index (χ1n) is 11.6. The van der Waals surface area contributed by atoms with Crippen LogP contribution in [-0.2, 0) is 9.36 Å². The molecule has 3 aromatic rings. The number of benzene rings is 2. The summed E-state index contributed by atoms with van der Waals surface area (Å²) in [4.78, 5) is 48.1. The van der Waals surface area contributed by atoms with Gasteiger partial charge in [0.15, 0.2) is 0 Å². The number of halogens is 2. The van der Waals surface area contributed by atoms with Crippen LogP contribution in [0.3, 0.4) is 0 Å². The number of carboxylic acid groups (broad SMARTS) is 1. The Kier molecular flexibility index (Phi) is 15.3. The summed E-state index contributed by atoms with van der Waals surface area (Å²) < 4.78 is 15.5. The summed E-state index contributed by atoms with van der Waals surface area (Å²) >= 11 is 11.6. The lowest BCUT2D eigenvalue weighted by Crippen LogP contribution is -2.23. The van der Waals surface area contributed by atoms with Crippen molar-refractivity contribution in [3.63, 3.8) is 0 Å². The minimum atomic E-state index is -4.10. The molecule has 0 aliphatic heterocycles. The van der Waals surface area contributed by atoms with Crippen LogP contribution in [0.2, 0.25) is 10.3 Å². The Morgan fingerprint density at radius 2 is 1.61 bits per heavy atom. The molecule has 224 valence electrons. The molecule has 2 aromatic carbocycles. The summed E-state index contributed by atoms with van der Waals surface area (Å²) in [6, 6.07) is 11.6. The number of anilines is 3. The molecule has 0 fully saturated rings. The molecular weight excluding hydrogens is 606 g/mol. The lowest BCUT2D eigenvalue weighted by Gasteiger charge is -2.08. The number of nitrogen functional groups attached to an aromatic ring is 1. The van der Waals surface area contributed by atoms with Crippen molar-refractivity contribution in [2.24, 2.45) is 0 Å². The van der Waals surface area contributed by atoms with Gasteiger partial charge in [-0.3, -0.25) is 24.8 Å². The average Bonchev–Trinajstić information content (AvgIpc) is 2.87. The maximum Gasteiger partial charge on any atom is 0.339 e. The van der Waals surface area contributed by atoms with Gasteiger partial charge in [-0.2, -0.15) is 15.0 Å². The number of nitrogens with one attached hydrogen (secondary N) is 3. The number of ether oxygens (including phenoxy) is 1. The molecule has 0 bridgehead atoms. The number of hydrogen-bond acceptors (Lipinski definition) is 12. The van der Waals surface area contributed by atoms with Crippen LogP contribution in [0.4, 0.5) is 23.3 Å². The van der Waals surface area contributed by atoms with Gasteiger partial charge in [0.05, 0.1) is 17.8 Å². The molecule has 0 atom stereocenters. The summed E-state index contributed by atoms with van der Waals surface area (Å²) in [6.07, 6.45) is -0.598. The van der Waals surface area contributed by atoms with Gasteiger partial charge in [-0.05, 0) is 43.6 Å². The topological polar surface area (TPSA) is 248 Å². The molecule has 3 rings (SSSR count). The maximum atomic E-state index is 10.7. The molecule has 1 aromatic heterocycles. The summed E-state index contributed by atoms with van der Waals surface area (Å²) in [6.45, 7) is 5.00. The molecule has 16 nitrogen and oxygen atoms in total. The monoisotopic (exact) mass is 634 g/mol. The fourth-order valence-electron chi connectivity index (χ4n) is 2.55.